The first-order valence-corrected chi connectivity index (χ1v) is 9.57. The number of piperazine rings is 1. The largest absolute Gasteiger partial charge is 0.346 e. The fourth-order valence-corrected chi connectivity index (χ4v) is 3.81. The molecule has 0 saturated carbocycles. The number of aromatic nitrogens is 1. The quantitative estimate of drug-likeness (QED) is 0.912. The maximum Gasteiger partial charge on any atom is 0.238 e. The number of hydrogen-bond donors (Lipinski definition) is 1. The Bertz CT molecular complexity index is 700. The molecule has 0 atom stereocenters. The summed E-state index contributed by atoms with van der Waals surface area (Å²) < 4.78 is 0. The molecule has 3 rings (SSSR count). The van der Waals surface area contributed by atoms with E-state index in [1.165, 1.54) is 0 Å². The van der Waals surface area contributed by atoms with E-state index in [0.29, 0.717) is 6.54 Å². The first kappa shape index (κ1) is 17.9. The third kappa shape index (κ3) is 4.58. The highest BCUT2D eigenvalue weighted by molar-refractivity contribution is 7.13. The number of carbonyl (C=O) groups is 1. The summed E-state index contributed by atoms with van der Waals surface area (Å²) in [5, 5.41) is 6.17. The third-order valence-electron chi connectivity index (χ3n) is 4.44. The Morgan fingerprint density at radius 3 is 2.56 bits per heavy atom. The molecule has 0 radical (unpaired) electrons. The van der Waals surface area contributed by atoms with Gasteiger partial charge in [0.25, 0.3) is 0 Å². The number of anilines is 2. The number of thiazole rings is 1. The Hall–Kier alpha value is -1.92. The van der Waals surface area contributed by atoms with Crippen molar-refractivity contribution in [1.29, 1.82) is 0 Å². The average molecular weight is 359 g/mol. The summed E-state index contributed by atoms with van der Waals surface area (Å²) >= 11 is 1.67. The molecule has 0 aliphatic carbocycles. The monoisotopic (exact) mass is 358 g/mol. The predicted octanol–water partition coefficient (Wildman–Crippen LogP) is 3.20. The van der Waals surface area contributed by atoms with Gasteiger partial charge in [-0.25, -0.2) is 4.98 Å². The van der Waals surface area contributed by atoms with Crippen molar-refractivity contribution in [3.05, 3.63) is 41.4 Å². The van der Waals surface area contributed by atoms with Gasteiger partial charge in [-0.2, -0.15) is 0 Å². The number of para-hydroxylation sites is 1. The van der Waals surface area contributed by atoms with Crippen LogP contribution >= 0.6 is 11.3 Å². The Labute approximate surface area is 153 Å². The van der Waals surface area contributed by atoms with Gasteiger partial charge in [0.1, 0.15) is 0 Å². The smallest absolute Gasteiger partial charge is 0.238 e. The average Bonchev–Trinajstić information content (AvgIpc) is 3.09. The fraction of sp³-hybridized carbons (Fsp3) is 0.474. The fourth-order valence-electron chi connectivity index (χ4n) is 3.11. The lowest BCUT2D eigenvalue weighted by Crippen LogP contribution is -2.48. The van der Waals surface area contributed by atoms with E-state index in [0.717, 1.165) is 42.6 Å². The molecule has 1 N–H and O–H groups in total. The van der Waals surface area contributed by atoms with Gasteiger partial charge in [-0.05, 0) is 17.0 Å². The standard InChI is InChI=1S/C19H26N4OS/c1-19(2,3)15-6-4-5-7-16(15)21-17(24)14-22-9-11-23(12-10-22)18-20-8-13-25-18/h4-8,13H,9-12,14H2,1-3H3,(H,21,24). The van der Waals surface area contributed by atoms with Crippen molar-refractivity contribution in [2.75, 3.05) is 42.9 Å². The van der Waals surface area contributed by atoms with Crippen LogP contribution in [0, 0.1) is 0 Å². The number of rotatable bonds is 4. The van der Waals surface area contributed by atoms with Gasteiger partial charge in [-0.3, -0.25) is 9.69 Å². The maximum absolute atomic E-state index is 12.5. The van der Waals surface area contributed by atoms with Crippen LogP contribution in [-0.2, 0) is 10.2 Å². The number of nitrogens with zero attached hydrogens (tertiary/aromatic N) is 3. The summed E-state index contributed by atoms with van der Waals surface area (Å²) in [4.78, 5) is 21.3. The van der Waals surface area contributed by atoms with Gasteiger partial charge in [-0.1, -0.05) is 39.0 Å². The van der Waals surface area contributed by atoms with E-state index < -0.39 is 0 Å². The molecule has 0 spiro atoms. The molecule has 5 nitrogen and oxygen atoms in total. The summed E-state index contributed by atoms with van der Waals surface area (Å²) in [7, 11) is 0. The molecule has 1 aliphatic heterocycles. The highest BCUT2D eigenvalue weighted by atomic mass is 32.1. The van der Waals surface area contributed by atoms with Crippen molar-refractivity contribution >= 4 is 28.1 Å². The summed E-state index contributed by atoms with van der Waals surface area (Å²) in [6.07, 6.45) is 1.84. The molecule has 1 aromatic carbocycles. The van der Waals surface area contributed by atoms with Crippen molar-refractivity contribution in [2.45, 2.75) is 26.2 Å². The molecule has 1 aliphatic rings. The van der Waals surface area contributed by atoms with Crippen LogP contribution in [0.2, 0.25) is 0 Å². The third-order valence-corrected chi connectivity index (χ3v) is 5.27. The van der Waals surface area contributed by atoms with Gasteiger partial charge in [0.2, 0.25) is 5.91 Å². The molecule has 1 fully saturated rings. The second-order valence-corrected chi connectivity index (χ2v) is 8.29. The first-order chi connectivity index (χ1) is 11.9. The van der Waals surface area contributed by atoms with E-state index in [1.54, 1.807) is 11.3 Å². The number of hydrogen-bond acceptors (Lipinski definition) is 5. The highest BCUT2D eigenvalue weighted by Gasteiger charge is 2.22. The SMILES string of the molecule is CC(C)(C)c1ccccc1NC(=O)CN1CCN(c2nccs2)CC1. The van der Waals surface area contributed by atoms with Gasteiger partial charge in [0.05, 0.1) is 6.54 Å². The van der Waals surface area contributed by atoms with Gasteiger partial charge in [0.15, 0.2) is 5.13 Å². The lowest BCUT2D eigenvalue weighted by atomic mass is 9.86. The van der Waals surface area contributed by atoms with E-state index >= 15 is 0 Å². The minimum absolute atomic E-state index is 0.00318. The summed E-state index contributed by atoms with van der Waals surface area (Å²) in [6.45, 7) is 10.5. The Kier molecular flexibility index (Phi) is 5.39. The van der Waals surface area contributed by atoms with Crippen LogP contribution in [0.5, 0.6) is 0 Å². The van der Waals surface area contributed by atoms with Gasteiger partial charge in [0, 0.05) is 43.4 Å². The van der Waals surface area contributed by atoms with E-state index in [9.17, 15) is 4.79 Å². The van der Waals surface area contributed by atoms with Gasteiger partial charge in [-0.15, -0.1) is 11.3 Å². The highest BCUT2D eigenvalue weighted by Crippen LogP contribution is 2.29. The molecule has 0 unspecified atom stereocenters. The zero-order valence-electron chi connectivity index (χ0n) is 15.2. The van der Waals surface area contributed by atoms with Gasteiger partial charge < -0.3 is 10.2 Å². The Morgan fingerprint density at radius 1 is 1.20 bits per heavy atom. The lowest BCUT2D eigenvalue weighted by molar-refractivity contribution is -0.117. The molecule has 1 aromatic heterocycles. The van der Waals surface area contributed by atoms with Crippen molar-refractivity contribution in [2.24, 2.45) is 0 Å². The molecule has 134 valence electrons. The van der Waals surface area contributed by atoms with E-state index in [1.807, 2.05) is 29.8 Å². The Morgan fingerprint density at radius 2 is 1.92 bits per heavy atom. The van der Waals surface area contributed by atoms with Crippen LogP contribution in [0.15, 0.2) is 35.8 Å². The van der Waals surface area contributed by atoms with Crippen LogP contribution in [-0.4, -0.2) is 48.5 Å². The van der Waals surface area contributed by atoms with Crippen LogP contribution in [0.25, 0.3) is 0 Å². The molecule has 2 aromatic rings. The summed E-state index contributed by atoms with van der Waals surface area (Å²) in [6, 6.07) is 8.06. The van der Waals surface area contributed by atoms with Gasteiger partial charge >= 0.3 is 0 Å². The number of benzene rings is 1. The predicted molar refractivity (Wildman–Crippen MR) is 105 cm³/mol. The normalized spacial score (nSPS) is 16.0. The van der Waals surface area contributed by atoms with E-state index in [4.69, 9.17) is 0 Å². The minimum atomic E-state index is 0.00318. The van der Waals surface area contributed by atoms with E-state index in [2.05, 4.69) is 46.9 Å². The molecule has 2 heterocycles. The lowest BCUT2D eigenvalue weighted by Gasteiger charge is -2.34. The zero-order valence-corrected chi connectivity index (χ0v) is 16.0. The maximum atomic E-state index is 12.5. The summed E-state index contributed by atoms with van der Waals surface area (Å²) in [5.74, 6) is 0.0550. The molecule has 25 heavy (non-hydrogen) atoms. The second kappa shape index (κ2) is 7.54. The molecule has 1 amide bonds. The number of carbonyl (C=O) groups excluding carboxylic acids is 1. The summed E-state index contributed by atoms with van der Waals surface area (Å²) in [5.41, 5.74) is 2.08. The molecule has 1 saturated heterocycles. The number of amides is 1. The molecular weight excluding hydrogens is 332 g/mol. The zero-order chi connectivity index (χ0) is 17.9. The van der Waals surface area contributed by atoms with E-state index in [-0.39, 0.29) is 11.3 Å². The van der Waals surface area contributed by atoms with Crippen LogP contribution < -0.4 is 10.2 Å². The van der Waals surface area contributed by atoms with Crippen molar-refractivity contribution < 1.29 is 4.79 Å². The molecule has 6 heteroatoms. The second-order valence-electron chi connectivity index (χ2n) is 7.42. The minimum Gasteiger partial charge on any atom is -0.346 e. The molecular formula is C19H26N4OS. The van der Waals surface area contributed by atoms with Crippen molar-refractivity contribution in [3.63, 3.8) is 0 Å². The van der Waals surface area contributed by atoms with Crippen LogP contribution in [0.4, 0.5) is 10.8 Å². The number of nitrogens with one attached hydrogen (secondary N) is 1. The van der Waals surface area contributed by atoms with Crippen LogP contribution in [0.3, 0.4) is 0 Å². The van der Waals surface area contributed by atoms with Crippen LogP contribution in [0.1, 0.15) is 26.3 Å². The topological polar surface area (TPSA) is 48.5 Å². The van der Waals surface area contributed by atoms with Crippen molar-refractivity contribution in [1.82, 2.24) is 9.88 Å². The molecule has 0 bridgehead atoms. The first-order valence-electron chi connectivity index (χ1n) is 8.69. The Balaban J connectivity index is 1.54. The van der Waals surface area contributed by atoms with Crippen molar-refractivity contribution in [3.8, 4) is 0 Å².